The highest BCUT2D eigenvalue weighted by molar-refractivity contribution is 7.89. The molecule has 0 aliphatic rings. The van der Waals surface area contributed by atoms with Crippen LogP contribution in [0.4, 0.5) is 5.69 Å². The fourth-order valence-corrected chi connectivity index (χ4v) is 2.94. The molecule has 2 aromatic rings. The van der Waals surface area contributed by atoms with E-state index >= 15 is 0 Å². The lowest BCUT2D eigenvalue weighted by Crippen LogP contribution is -2.16. The van der Waals surface area contributed by atoms with Gasteiger partial charge in [-0.05, 0) is 30.7 Å². The van der Waals surface area contributed by atoms with E-state index in [1.54, 1.807) is 30.3 Å². The average molecular weight is 394 g/mol. The number of nitrogens with two attached hydrogens (primary N) is 1. The van der Waals surface area contributed by atoms with Crippen molar-refractivity contribution < 1.29 is 33.0 Å². The molecule has 0 bridgehead atoms. The number of primary sulfonamides is 1. The SMILES string of the molecule is NS(=O)(=O)c1cc(C(=O)O)cc(NCCCC(=O)O)c1Oc1ccccc1. The summed E-state index contributed by atoms with van der Waals surface area (Å²) in [4.78, 5) is 21.5. The van der Waals surface area contributed by atoms with E-state index in [0.29, 0.717) is 5.75 Å². The van der Waals surface area contributed by atoms with E-state index in [9.17, 15) is 23.1 Å². The molecule has 27 heavy (non-hydrogen) atoms. The molecule has 0 radical (unpaired) electrons. The number of hydrogen-bond acceptors (Lipinski definition) is 6. The molecule has 144 valence electrons. The Balaban J connectivity index is 2.50. The molecule has 2 rings (SSSR count). The van der Waals surface area contributed by atoms with Crippen molar-refractivity contribution in [1.82, 2.24) is 0 Å². The van der Waals surface area contributed by atoms with Crippen molar-refractivity contribution in [3.8, 4) is 11.5 Å². The van der Waals surface area contributed by atoms with Gasteiger partial charge in [0.2, 0.25) is 10.0 Å². The summed E-state index contributed by atoms with van der Waals surface area (Å²) >= 11 is 0. The van der Waals surface area contributed by atoms with Crippen LogP contribution in [0.2, 0.25) is 0 Å². The Kier molecular flexibility index (Phi) is 6.37. The van der Waals surface area contributed by atoms with Gasteiger partial charge in [0.1, 0.15) is 10.6 Å². The van der Waals surface area contributed by atoms with Gasteiger partial charge in [-0.15, -0.1) is 0 Å². The summed E-state index contributed by atoms with van der Waals surface area (Å²) in [5.41, 5.74) is -0.228. The highest BCUT2D eigenvalue weighted by Crippen LogP contribution is 2.37. The van der Waals surface area contributed by atoms with E-state index < -0.39 is 26.9 Å². The third kappa shape index (κ3) is 5.69. The minimum absolute atomic E-state index is 0.0770. The zero-order chi connectivity index (χ0) is 20.0. The van der Waals surface area contributed by atoms with Gasteiger partial charge in [-0.25, -0.2) is 18.4 Å². The summed E-state index contributed by atoms with van der Waals surface area (Å²) in [5, 5.41) is 26.0. The number of rotatable bonds is 9. The quantitative estimate of drug-likeness (QED) is 0.471. The Hall–Kier alpha value is -3.11. The van der Waals surface area contributed by atoms with Crippen molar-refractivity contribution >= 4 is 27.6 Å². The smallest absolute Gasteiger partial charge is 0.335 e. The number of anilines is 1. The number of benzene rings is 2. The lowest BCUT2D eigenvalue weighted by molar-refractivity contribution is -0.137. The Morgan fingerprint density at radius 1 is 1.11 bits per heavy atom. The number of ether oxygens (including phenoxy) is 1. The van der Waals surface area contributed by atoms with Gasteiger partial charge in [-0.3, -0.25) is 4.79 Å². The zero-order valence-electron chi connectivity index (χ0n) is 14.1. The number of sulfonamides is 1. The lowest BCUT2D eigenvalue weighted by atomic mass is 10.1. The van der Waals surface area contributed by atoms with Crippen molar-refractivity contribution in [2.45, 2.75) is 17.7 Å². The van der Waals surface area contributed by atoms with Gasteiger partial charge in [0, 0.05) is 13.0 Å². The molecule has 0 atom stereocenters. The molecule has 0 saturated heterocycles. The second-order valence-electron chi connectivity index (χ2n) is 5.54. The number of hydrogen-bond donors (Lipinski definition) is 4. The van der Waals surface area contributed by atoms with Crippen LogP contribution in [0.25, 0.3) is 0 Å². The fourth-order valence-electron chi connectivity index (χ4n) is 2.24. The molecular formula is C17H18N2O7S. The molecule has 0 unspecified atom stereocenters. The number of aliphatic carboxylic acids is 1. The number of aromatic carboxylic acids is 1. The highest BCUT2D eigenvalue weighted by Gasteiger charge is 2.23. The van der Waals surface area contributed by atoms with Crippen LogP contribution in [-0.2, 0) is 14.8 Å². The first-order valence-corrected chi connectivity index (χ1v) is 9.36. The molecule has 0 aliphatic heterocycles. The van der Waals surface area contributed by atoms with Gasteiger partial charge in [0.25, 0.3) is 0 Å². The van der Waals surface area contributed by atoms with Gasteiger partial charge in [0.15, 0.2) is 5.75 Å². The normalized spacial score (nSPS) is 11.0. The van der Waals surface area contributed by atoms with Crippen LogP contribution in [0.1, 0.15) is 23.2 Å². The first-order valence-electron chi connectivity index (χ1n) is 7.81. The molecule has 10 heteroatoms. The summed E-state index contributed by atoms with van der Waals surface area (Å²) < 4.78 is 29.6. The van der Waals surface area contributed by atoms with Gasteiger partial charge in [-0.1, -0.05) is 18.2 Å². The second-order valence-corrected chi connectivity index (χ2v) is 7.07. The van der Waals surface area contributed by atoms with Crippen molar-refractivity contribution in [2.24, 2.45) is 5.14 Å². The Bertz CT molecular complexity index is 943. The van der Waals surface area contributed by atoms with Crippen molar-refractivity contribution in [2.75, 3.05) is 11.9 Å². The van der Waals surface area contributed by atoms with E-state index in [0.717, 1.165) is 6.07 Å². The van der Waals surface area contributed by atoms with Crippen LogP contribution in [-0.4, -0.2) is 37.1 Å². The fraction of sp³-hybridized carbons (Fsp3) is 0.176. The third-order valence-electron chi connectivity index (χ3n) is 3.45. The van der Waals surface area contributed by atoms with Crippen LogP contribution in [0.15, 0.2) is 47.4 Å². The monoisotopic (exact) mass is 394 g/mol. The van der Waals surface area contributed by atoms with Gasteiger partial charge in [0.05, 0.1) is 11.3 Å². The second kappa shape index (κ2) is 8.52. The average Bonchev–Trinajstić information content (AvgIpc) is 2.59. The Labute approximate surface area is 155 Å². The lowest BCUT2D eigenvalue weighted by Gasteiger charge is -2.17. The molecule has 2 aromatic carbocycles. The number of carboxylic acids is 2. The minimum atomic E-state index is -4.30. The summed E-state index contributed by atoms with van der Waals surface area (Å²) in [5.74, 6) is -2.18. The van der Waals surface area contributed by atoms with E-state index in [1.807, 2.05) is 0 Å². The van der Waals surface area contributed by atoms with Crippen molar-refractivity contribution in [1.29, 1.82) is 0 Å². The maximum absolute atomic E-state index is 12.0. The van der Waals surface area contributed by atoms with E-state index in [1.165, 1.54) is 6.07 Å². The van der Waals surface area contributed by atoms with Gasteiger partial charge >= 0.3 is 11.9 Å². The van der Waals surface area contributed by atoms with Gasteiger partial charge in [-0.2, -0.15) is 0 Å². The van der Waals surface area contributed by atoms with Crippen LogP contribution in [0.3, 0.4) is 0 Å². The van der Waals surface area contributed by atoms with E-state index in [-0.39, 0.29) is 36.4 Å². The molecule has 0 saturated carbocycles. The maximum atomic E-state index is 12.0. The topological polar surface area (TPSA) is 156 Å². The molecule has 0 aliphatic carbocycles. The van der Waals surface area contributed by atoms with Crippen LogP contribution in [0, 0.1) is 0 Å². The Morgan fingerprint density at radius 2 is 1.78 bits per heavy atom. The van der Waals surface area contributed by atoms with Crippen LogP contribution in [0.5, 0.6) is 11.5 Å². The summed E-state index contributed by atoms with van der Waals surface area (Å²) in [7, 11) is -4.30. The predicted molar refractivity (Wildman–Crippen MR) is 96.7 cm³/mol. The minimum Gasteiger partial charge on any atom is -0.481 e. The van der Waals surface area contributed by atoms with Gasteiger partial charge < -0.3 is 20.3 Å². The maximum Gasteiger partial charge on any atom is 0.335 e. The molecule has 0 amide bonds. The standard InChI is InChI=1S/C17H18N2O7S/c18-27(24,25)14-10-11(17(22)23)9-13(19-8-4-7-15(20)21)16(14)26-12-5-2-1-3-6-12/h1-3,5-6,9-10,19H,4,7-8H2,(H,20,21)(H,22,23)(H2,18,24,25). The molecule has 0 aromatic heterocycles. The summed E-state index contributed by atoms with van der Waals surface area (Å²) in [6.45, 7) is 0.157. The summed E-state index contributed by atoms with van der Waals surface area (Å²) in [6.07, 6.45) is 0.130. The summed E-state index contributed by atoms with van der Waals surface area (Å²) in [6, 6.07) is 10.4. The number of carbonyl (C=O) groups is 2. The molecule has 0 spiro atoms. The molecule has 0 fully saturated rings. The zero-order valence-corrected chi connectivity index (χ0v) is 14.9. The first-order chi connectivity index (χ1) is 12.7. The third-order valence-corrected chi connectivity index (χ3v) is 4.37. The number of carboxylic acid groups (broad SMARTS) is 2. The largest absolute Gasteiger partial charge is 0.481 e. The van der Waals surface area contributed by atoms with Crippen molar-refractivity contribution in [3.05, 3.63) is 48.0 Å². The Morgan fingerprint density at radius 3 is 2.33 bits per heavy atom. The number of nitrogens with one attached hydrogen (secondary N) is 1. The number of para-hydroxylation sites is 1. The molecule has 0 heterocycles. The molecule has 5 N–H and O–H groups in total. The molecule has 9 nitrogen and oxygen atoms in total. The highest BCUT2D eigenvalue weighted by atomic mass is 32.2. The van der Waals surface area contributed by atoms with Crippen LogP contribution >= 0.6 is 0 Å². The van der Waals surface area contributed by atoms with Crippen molar-refractivity contribution in [3.63, 3.8) is 0 Å². The van der Waals surface area contributed by atoms with E-state index in [2.05, 4.69) is 5.32 Å². The predicted octanol–water partition coefficient (Wildman–Crippen LogP) is 2.10. The molecular weight excluding hydrogens is 376 g/mol. The first kappa shape index (κ1) is 20.2. The van der Waals surface area contributed by atoms with Crippen LogP contribution < -0.4 is 15.2 Å². The van der Waals surface area contributed by atoms with E-state index in [4.69, 9.17) is 15.0 Å².